The van der Waals surface area contributed by atoms with Crippen molar-refractivity contribution in [1.82, 2.24) is 15.0 Å². The van der Waals surface area contributed by atoms with Gasteiger partial charge in [0.1, 0.15) is 5.82 Å². The average Bonchev–Trinajstić information content (AvgIpc) is 2.47. The molecule has 2 aromatic heterocycles. The Labute approximate surface area is 124 Å². The van der Waals surface area contributed by atoms with Crippen molar-refractivity contribution in [2.75, 3.05) is 17.2 Å². The minimum absolute atomic E-state index is 0.0236. The summed E-state index contributed by atoms with van der Waals surface area (Å²) in [7, 11) is 0. The third-order valence-corrected chi connectivity index (χ3v) is 2.79. The molecule has 3 N–H and O–H groups in total. The summed E-state index contributed by atoms with van der Waals surface area (Å²) in [6.45, 7) is 6.00. The van der Waals surface area contributed by atoms with E-state index in [1.54, 1.807) is 12.4 Å². The van der Waals surface area contributed by atoms with E-state index in [-0.39, 0.29) is 18.7 Å². The Morgan fingerprint density at radius 2 is 1.81 bits per heavy atom. The average molecular weight is 287 g/mol. The standard InChI is InChI=1S/C15H21N5O/c1-10(2)17-14-8-13(12-4-6-16-7-5-12)19-15(20-14)18-11(3)9-21/h4-8,10-11,21H,9H2,1-3H3,(H2,17,18,19,20)/t11-/m0/s1. The van der Waals surface area contributed by atoms with Gasteiger partial charge in [-0.25, -0.2) is 4.98 Å². The quantitative estimate of drug-likeness (QED) is 0.755. The minimum Gasteiger partial charge on any atom is -0.394 e. The zero-order valence-electron chi connectivity index (χ0n) is 12.5. The summed E-state index contributed by atoms with van der Waals surface area (Å²) in [5, 5.41) is 15.5. The third-order valence-electron chi connectivity index (χ3n) is 2.79. The lowest BCUT2D eigenvalue weighted by molar-refractivity contribution is 0.281. The summed E-state index contributed by atoms with van der Waals surface area (Å²) < 4.78 is 0. The largest absolute Gasteiger partial charge is 0.394 e. The molecule has 21 heavy (non-hydrogen) atoms. The van der Waals surface area contributed by atoms with Crippen molar-refractivity contribution < 1.29 is 5.11 Å². The number of aromatic nitrogens is 3. The third kappa shape index (κ3) is 4.39. The van der Waals surface area contributed by atoms with E-state index < -0.39 is 0 Å². The van der Waals surface area contributed by atoms with E-state index in [1.165, 1.54) is 0 Å². The first kappa shape index (κ1) is 15.2. The number of hydrogen-bond donors (Lipinski definition) is 3. The second kappa shape index (κ2) is 6.99. The summed E-state index contributed by atoms with van der Waals surface area (Å²) >= 11 is 0. The van der Waals surface area contributed by atoms with Crippen LogP contribution < -0.4 is 10.6 Å². The van der Waals surface area contributed by atoms with Crippen LogP contribution in [0.15, 0.2) is 30.6 Å². The van der Waals surface area contributed by atoms with Crippen molar-refractivity contribution in [2.45, 2.75) is 32.9 Å². The summed E-state index contributed by atoms with van der Waals surface area (Å²) in [5.74, 6) is 1.24. The maximum absolute atomic E-state index is 9.16. The first-order valence-corrected chi connectivity index (χ1v) is 7.02. The van der Waals surface area contributed by atoms with Crippen molar-refractivity contribution in [3.8, 4) is 11.3 Å². The van der Waals surface area contributed by atoms with Crippen LogP contribution in [0.1, 0.15) is 20.8 Å². The molecule has 0 saturated carbocycles. The predicted octanol–water partition coefficient (Wildman–Crippen LogP) is 2.15. The van der Waals surface area contributed by atoms with Crippen molar-refractivity contribution in [3.63, 3.8) is 0 Å². The van der Waals surface area contributed by atoms with E-state index in [0.717, 1.165) is 17.1 Å². The highest BCUT2D eigenvalue weighted by molar-refractivity contribution is 5.64. The van der Waals surface area contributed by atoms with Crippen LogP contribution in [0.2, 0.25) is 0 Å². The van der Waals surface area contributed by atoms with Crippen LogP contribution in [0.4, 0.5) is 11.8 Å². The lowest BCUT2D eigenvalue weighted by atomic mass is 10.2. The van der Waals surface area contributed by atoms with E-state index in [2.05, 4.69) is 39.4 Å². The highest BCUT2D eigenvalue weighted by Gasteiger charge is 2.09. The van der Waals surface area contributed by atoms with Gasteiger partial charge in [-0.3, -0.25) is 4.98 Å². The van der Waals surface area contributed by atoms with Crippen LogP contribution in [-0.2, 0) is 0 Å². The van der Waals surface area contributed by atoms with Gasteiger partial charge >= 0.3 is 0 Å². The molecular weight excluding hydrogens is 266 g/mol. The van der Waals surface area contributed by atoms with E-state index in [9.17, 15) is 0 Å². The molecule has 1 atom stereocenters. The van der Waals surface area contributed by atoms with Crippen molar-refractivity contribution in [3.05, 3.63) is 30.6 Å². The predicted molar refractivity (Wildman–Crippen MR) is 84.2 cm³/mol. The molecule has 6 nitrogen and oxygen atoms in total. The lowest BCUT2D eigenvalue weighted by Gasteiger charge is -2.15. The van der Waals surface area contributed by atoms with Crippen LogP contribution in [0.25, 0.3) is 11.3 Å². The van der Waals surface area contributed by atoms with E-state index in [4.69, 9.17) is 5.11 Å². The fourth-order valence-corrected chi connectivity index (χ4v) is 1.82. The van der Waals surface area contributed by atoms with E-state index >= 15 is 0 Å². The lowest BCUT2D eigenvalue weighted by Crippen LogP contribution is -2.21. The summed E-state index contributed by atoms with van der Waals surface area (Å²) in [5.41, 5.74) is 1.78. The molecule has 0 aromatic carbocycles. The van der Waals surface area contributed by atoms with E-state index in [0.29, 0.717) is 5.95 Å². The Morgan fingerprint density at radius 3 is 2.43 bits per heavy atom. The monoisotopic (exact) mass is 287 g/mol. The zero-order chi connectivity index (χ0) is 15.2. The number of pyridine rings is 1. The van der Waals surface area contributed by atoms with Gasteiger partial charge in [0.05, 0.1) is 12.3 Å². The summed E-state index contributed by atoms with van der Waals surface area (Å²) in [6, 6.07) is 5.88. The van der Waals surface area contributed by atoms with Gasteiger partial charge < -0.3 is 15.7 Å². The molecule has 0 bridgehead atoms. The second-order valence-corrected chi connectivity index (χ2v) is 5.22. The maximum atomic E-state index is 9.16. The van der Waals surface area contributed by atoms with Gasteiger partial charge in [0.15, 0.2) is 0 Å². The first-order chi connectivity index (χ1) is 10.1. The molecule has 0 radical (unpaired) electrons. The fourth-order valence-electron chi connectivity index (χ4n) is 1.82. The molecule has 0 fully saturated rings. The fraction of sp³-hybridized carbons (Fsp3) is 0.400. The van der Waals surface area contributed by atoms with Crippen LogP contribution in [0, 0.1) is 0 Å². The van der Waals surface area contributed by atoms with Crippen LogP contribution in [0.5, 0.6) is 0 Å². The van der Waals surface area contributed by atoms with E-state index in [1.807, 2.05) is 25.1 Å². The van der Waals surface area contributed by atoms with Gasteiger partial charge in [0, 0.05) is 36.1 Å². The number of hydrogen-bond acceptors (Lipinski definition) is 6. The Kier molecular flexibility index (Phi) is 5.05. The van der Waals surface area contributed by atoms with Gasteiger partial charge in [-0.05, 0) is 32.9 Å². The Morgan fingerprint density at radius 1 is 1.10 bits per heavy atom. The minimum atomic E-state index is -0.107. The number of nitrogens with zero attached hydrogens (tertiary/aromatic N) is 3. The van der Waals surface area contributed by atoms with Crippen molar-refractivity contribution in [2.24, 2.45) is 0 Å². The van der Waals surface area contributed by atoms with Crippen LogP contribution in [-0.4, -0.2) is 38.7 Å². The first-order valence-electron chi connectivity index (χ1n) is 7.02. The molecule has 0 spiro atoms. The molecule has 112 valence electrons. The molecule has 0 unspecified atom stereocenters. The SMILES string of the molecule is CC(C)Nc1cc(-c2ccncc2)nc(N[C@@H](C)CO)n1. The molecule has 0 amide bonds. The molecule has 0 aliphatic heterocycles. The van der Waals surface area contributed by atoms with Gasteiger partial charge in [0.25, 0.3) is 0 Å². The topological polar surface area (TPSA) is 83.0 Å². The number of anilines is 2. The summed E-state index contributed by atoms with van der Waals surface area (Å²) in [4.78, 5) is 12.9. The zero-order valence-corrected chi connectivity index (χ0v) is 12.5. The smallest absolute Gasteiger partial charge is 0.225 e. The number of aliphatic hydroxyl groups is 1. The highest BCUT2D eigenvalue weighted by atomic mass is 16.3. The molecule has 2 aromatic rings. The maximum Gasteiger partial charge on any atom is 0.225 e. The summed E-state index contributed by atoms with van der Waals surface area (Å²) in [6.07, 6.45) is 3.47. The second-order valence-electron chi connectivity index (χ2n) is 5.22. The molecule has 6 heteroatoms. The Balaban J connectivity index is 2.37. The Bertz CT molecular complexity index is 574. The normalized spacial score (nSPS) is 12.2. The number of nitrogens with one attached hydrogen (secondary N) is 2. The van der Waals surface area contributed by atoms with Gasteiger partial charge in [-0.15, -0.1) is 0 Å². The molecule has 0 aliphatic rings. The van der Waals surface area contributed by atoms with Gasteiger partial charge in [-0.2, -0.15) is 4.98 Å². The number of aliphatic hydroxyl groups excluding tert-OH is 1. The highest BCUT2D eigenvalue weighted by Crippen LogP contribution is 2.21. The molecule has 0 saturated heterocycles. The molecule has 2 heterocycles. The van der Waals surface area contributed by atoms with Gasteiger partial charge in [0.2, 0.25) is 5.95 Å². The van der Waals surface area contributed by atoms with Crippen molar-refractivity contribution >= 4 is 11.8 Å². The van der Waals surface area contributed by atoms with Gasteiger partial charge in [-0.1, -0.05) is 0 Å². The number of rotatable bonds is 6. The molecule has 2 rings (SSSR count). The van der Waals surface area contributed by atoms with Crippen LogP contribution in [0.3, 0.4) is 0 Å². The van der Waals surface area contributed by atoms with Crippen molar-refractivity contribution in [1.29, 1.82) is 0 Å². The molecule has 0 aliphatic carbocycles. The van der Waals surface area contributed by atoms with Crippen LogP contribution >= 0.6 is 0 Å². The molecular formula is C15H21N5O. The Hall–Kier alpha value is -2.21.